The molecule has 0 atom stereocenters. The number of aliphatic hydroxyl groups excluding tert-OH is 1. The molecule has 1 amide bonds. The largest absolute Gasteiger partial charge is 0.460 e. The smallest absolute Gasteiger partial charge is 0.396 e. The molecule has 0 radical (unpaired) electrons. The van der Waals surface area contributed by atoms with E-state index in [4.69, 9.17) is 10.8 Å². The number of rotatable bonds is 10. The van der Waals surface area contributed by atoms with Crippen LogP contribution in [0.1, 0.15) is 22.3 Å². The molecule has 1 aromatic heterocycles. The number of primary amides is 1. The number of amides is 1. The maximum atomic E-state index is 15.1. The van der Waals surface area contributed by atoms with Crippen LogP contribution in [0.2, 0.25) is 0 Å². The number of halogens is 9. The minimum atomic E-state index is -6.80. The highest BCUT2D eigenvalue weighted by molar-refractivity contribution is 7.99. The first-order valence-electron chi connectivity index (χ1n) is 10.4. The number of carbonyl (C=O) groups is 1. The van der Waals surface area contributed by atoms with Crippen LogP contribution in [0.15, 0.2) is 34.3 Å². The zero-order chi connectivity index (χ0) is 30.2. The highest BCUT2D eigenvalue weighted by atomic mass is 32.2. The average molecular weight is 604 g/mol. The Morgan fingerprint density at radius 1 is 1.07 bits per heavy atom. The van der Waals surface area contributed by atoms with Crippen LogP contribution < -0.4 is 5.73 Å². The standard InChI is InChI=1S/C20H13F9N6O4S/c21-12-4-8(18(23,24)19(25,26)20(27,28)29)5-13(22)14(12)10-6-9(35(38)39)7-11(16(30)37)15(10)40-17-31-32-33-34(17)2-1-3-36/h4-7,36H,1-3H2,(H2,30,37). The Hall–Kier alpha value is -3.94. The van der Waals surface area contributed by atoms with E-state index in [1.54, 1.807) is 0 Å². The van der Waals surface area contributed by atoms with Gasteiger partial charge in [0.1, 0.15) is 11.6 Å². The van der Waals surface area contributed by atoms with E-state index in [0.717, 1.165) is 4.68 Å². The number of hydrogen-bond donors (Lipinski definition) is 2. The van der Waals surface area contributed by atoms with Gasteiger partial charge in [-0.25, -0.2) is 13.5 Å². The van der Waals surface area contributed by atoms with Crippen molar-refractivity contribution in [2.75, 3.05) is 6.61 Å². The molecule has 0 aliphatic carbocycles. The molecule has 1 heterocycles. The highest BCUT2D eigenvalue weighted by Crippen LogP contribution is 2.52. The number of nitrogens with zero attached hydrogens (tertiary/aromatic N) is 5. The van der Waals surface area contributed by atoms with Crippen molar-refractivity contribution in [1.82, 2.24) is 20.2 Å². The first-order valence-corrected chi connectivity index (χ1v) is 11.2. The van der Waals surface area contributed by atoms with Gasteiger partial charge >= 0.3 is 18.0 Å². The lowest BCUT2D eigenvalue weighted by atomic mass is 9.95. The van der Waals surface area contributed by atoms with Crippen LogP contribution in [0.3, 0.4) is 0 Å². The molecule has 0 aliphatic heterocycles. The van der Waals surface area contributed by atoms with Crippen LogP contribution in [0.5, 0.6) is 0 Å². The van der Waals surface area contributed by atoms with Gasteiger partial charge in [0.05, 0.1) is 16.1 Å². The second kappa shape index (κ2) is 10.9. The molecule has 0 fully saturated rings. The van der Waals surface area contributed by atoms with Gasteiger partial charge in [-0.05, 0) is 40.7 Å². The molecule has 2 aromatic carbocycles. The van der Waals surface area contributed by atoms with Gasteiger partial charge in [-0.15, -0.1) is 5.10 Å². The van der Waals surface area contributed by atoms with Crippen LogP contribution in [0.4, 0.5) is 45.2 Å². The molecule has 3 aromatic rings. The maximum Gasteiger partial charge on any atom is 0.460 e. The molecule has 10 nitrogen and oxygen atoms in total. The Morgan fingerprint density at radius 2 is 1.68 bits per heavy atom. The Morgan fingerprint density at radius 3 is 2.17 bits per heavy atom. The third-order valence-electron chi connectivity index (χ3n) is 5.19. The van der Waals surface area contributed by atoms with Gasteiger partial charge in [0.25, 0.3) is 5.69 Å². The summed E-state index contributed by atoms with van der Waals surface area (Å²) in [6, 6.07) is 0.0969. The summed E-state index contributed by atoms with van der Waals surface area (Å²) >= 11 is 0.374. The van der Waals surface area contributed by atoms with E-state index in [2.05, 4.69) is 15.5 Å². The molecule has 3 N–H and O–H groups in total. The van der Waals surface area contributed by atoms with Crippen molar-refractivity contribution in [3.8, 4) is 11.1 Å². The molecule has 0 saturated heterocycles. The summed E-state index contributed by atoms with van der Waals surface area (Å²) in [6.45, 7) is -0.347. The Bertz CT molecular complexity index is 1440. The predicted octanol–water partition coefficient (Wildman–Crippen LogP) is 4.45. The average Bonchev–Trinajstić information content (AvgIpc) is 3.28. The van der Waals surface area contributed by atoms with Crippen molar-refractivity contribution in [3.05, 3.63) is 57.1 Å². The fourth-order valence-corrected chi connectivity index (χ4v) is 4.32. The van der Waals surface area contributed by atoms with Crippen LogP contribution in [-0.2, 0) is 12.5 Å². The summed E-state index contributed by atoms with van der Waals surface area (Å²) in [5, 5.41) is 30.8. The topological polar surface area (TPSA) is 150 Å². The summed E-state index contributed by atoms with van der Waals surface area (Å²) in [5.41, 5.74) is -1.12. The molecule has 0 bridgehead atoms. The molecular weight excluding hydrogens is 591 g/mol. The number of carbonyl (C=O) groups excluding carboxylic acids is 1. The fraction of sp³-hybridized carbons (Fsp3) is 0.300. The normalized spacial score (nSPS) is 12.6. The highest BCUT2D eigenvalue weighted by Gasteiger charge is 2.73. The number of aryl methyl sites for hydroxylation is 1. The summed E-state index contributed by atoms with van der Waals surface area (Å²) < 4.78 is 124. The predicted molar refractivity (Wildman–Crippen MR) is 116 cm³/mol. The van der Waals surface area contributed by atoms with E-state index in [1.165, 1.54) is 0 Å². The Labute approximate surface area is 220 Å². The zero-order valence-electron chi connectivity index (χ0n) is 19.2. The van der Waals surface area contributed by atoms with E-state index in [0.29, 0.717) is 23.9 Å². The summed E-state index contributed by atoms with van der Waals surface area (Å²) in [5.74, 6) is -18.5. The minimum Gasteiger partial charge on any atom is -0.396 e. The van der Waals surface area contributed by atoms with Crippen molar-refractivity contribution < 1.29 is 54.3 Å². The number of benzene rings is 2. The first kappa shape index (κ1) is 30.6. The number of nitro benzene ring substituents is 1. The van der Waals surface area contributed by atoms with Gasteiger partial charge in [-0.1, -0.05) is 0 Å². The number of non-ortho nitro benzene ring substituents is 1. The SMILES string of the molecule is NC(=O)c1cc([N+](=O)[O-])cc(-c2c(F)cc(C(F)(F)C(F)(F)C(F)(F)F)cc2F)c1Sc1nnnn1CCCO. The van der Waals surface area contributed by atoms with E-state index >= 15 is 8.78 Å². The van der Waals surface area contributed by atoms with E-state index in [9.17, 15) is 45.6 Å². The van der Waals surface area contributed by atoms with E-state index in [-0.39, 0.29) is 24.7 Å². The van der Waals surface area contributed by atoms with Crippen LogP contribution in [0.25, 0.3) is 11.1 Å². The van der Waals surface area contributed by atoms with Gasteiger partial charge in [0, 0.05) is 41.3 Å². The molecule has 3 rings (SSSR count). The molecule has 40 heavy (non-hydrogen) atoms. The monoisotopic (exact) mass is 604 g/mol. The molecule has 0 spiro atoms. The lowest BCUT2D eigenvalue weighted by Gasteiger charge is -2.28. The fourth-order valence-electron chi connectivity index (χ4n) is 3.29. The van der Waals surface area contributed by atoms with Gasteiger partial charge < -0.3 is 10.8 Å². The number of nitro groups is 1. The van der Waals surface area contributed by atoms with Crippen LogP contribution in [0, 0.1) is 21.7 Å². The van der Waals surface area contributed by atoms with Crippen molar-refractivity contribution in [2.24, 2.45) is 5.73 Å². The summed E-state index contributed by atoms with van der Waals surface area (Å²) in [4.78, 5) is 21.9. The molecular formula is C20H13F9N6O4S. The van der Waals surface area contributed by atoms with Crippen LogP contribution in [-0.4, -0.2) is 54.8 Å². The quantitative estimate of drug-likeness (QED) is 0.196. The van der Waals surface area contributed by atoms with Crippen molar-refractivity contribution >= 4 is 23.4 Å². The van der Waals surface area contributed by atoms with E-state index in [1.807, 2.05) is 0 Å². The van der Waals surface area contributed by atoms with Gasteiger partial charge in [-0.3, -0.25) is 14.9 Å². The molecule has 216 valence electrons. The number of nitrogens with two attached hydrogens (primary N) is 1. The first-order chi connectivity index (χ1) is 18.4. The lowest BCUT2D eigenvalue weighted by molar-refractivity contribution is -0.384. The second-order valence-electron chi connectivity index (χ2n) is 7.82. The molecule has 0 unspecified atom stereocenters. The lowest BCUT2D eigenvalue weighted by Crippen LogP contribution is -2.50. The van der Waals surface area contributed by atoms with Crippen molar-refractivity contribution in [2.45, 2.75) is 41.0 Å². The molecule has 20 heteroatoms. The third kappa shape index (κ3) is 5.53. The number of aliphatic hydroxyl groups is 1. The van der Waals surface area contributed by atoms with Crippen molar-refractivity contribution in [3.63, 3.8) is 0 Å². The second-order valence-corrected chi connectivity index (χ2v) is 8.79. The van der Waals surface area contributed by atoms with Gasteiger partial charge in [0.15, 0.2) is 0 Å². The molecule has 0 aliphatic rings. The zero-order valence-corrected chi connectivity index (χ0v) is 20.0. The van der Waals surface area contributed by atoms with Crippen LogP contribution >= 0.6 is 11.8 Å². The summed E-state index contributed by atoms with van der Waals surface area (Å²) in [7, 11) is 0. The van der Waals surface area contributed by atoms with Gasteiger partial charge in [-0.2, -0.15) is 30.7 Å². The number of hydrogen-bond acceptors (Lipinski definition) is 8. The summed E-state index contributed by atoms with van der Waals surface area (Å²) in [6.07, 6.45) is -6.70. The minimum absolute atomic E-state index is 0.0278. The Kier molecular flexibility index (Phi) is 8.35. The van der Waals surface area contributed by atoms with Crippen molar-refractivity contribution in [1.29, 1.82) is 0 Å². The van der Waals surface area contributed by atoms with E-state index < -0.39 is 85.5 Å². The number of aromatic nitrogens is 4. The number of tetrazole rings is 1. The number of alkyl halides is 7. The maximum absolute atomic E-state index is 15.1. The van der Waals surface area contributed by atoms with Gasteiger partial charge in [0.2, 0.25) is 11.1 Å². The Balaban J connectivity index is 2.30. The third-order valence-corrected chi connectivity index (χ3v) is 6.31. The molecule has 0 saturated carbocycles.